The standard InChI is InChI=1S/C19H21NO4/c1-2-11-22-16-6-3-14(4-7-16)9-10-20-19(21)15-5-8-17-18(12-15)24-13-23-17/h3-8,12H,2,9-11,13H2,1H3,(H,20,21). The monoisotopic (exact) mass is 327 g/mol. The molecule has 0 saturated heterocycles. The Labute approximate surface area is 141 Å². The molecule has 2 aromatic rings. The molecule has 0 aliphatic carbocycles. The van der Waals surface area contributed by atoms with E-state index in [-0.39, 0.29) is 12.7 Å². The lowest BCUT2D eigenvalue weighted by molar-refractivity contribution is 0.0953. The number of hydrogen-bond acceptors (Lipinski definition) is 4. The van der Waals surface area contributed by atoms with Gasteiger partial charge in [0.15, 0.2) is 11.5 Å². The van der Waals surface area contributed by atoms with Gasteiger partial charge in [-0.3, -0.25) is 4.79 Å². The number of nitrogens with one attached hydrogen (secondary N) is 1. The van der Waals surface area contributed by atoms with Crippen LogP contribution in [0.4, 0.5) is 0 Å². The Morgan fingerprint density at radius 2 is 1.92 bits per heavy atom. The number of fused-ring (bicyclic) bond motifs is 1. The molecule has 24 heavy (non-hydrogen) atoms. The summed E-state index contributed by atoms with van der Waals surface area (Å²) in [4.78, 5) is 12.2. The first-order chi connectivity index (χ1) is 11.8. The van der Waals surface area contributed by atoms with Crippen LogP contribution in [-0.4, -0.2) is 25.9 Å². The molecule has 3 rings (SSSR count). The summed E-state index contributed by atoms with van der Waals surface area (Å²) < 4.78 is 16.1. The fourth-order valence-electron chi connectivity index (χ4n) is 2.43. The SMILES string of the molecule is CCCOc1ccc(CCNC(=O)c2ccc3c(c2)OCO3)cc1. The lowest BCUT2D eigenvalue weighted by Crippen LogP contribution is -2.25. The predicted molar refractivity (Wildman–Crippen MR) is 90.8 cm³/mol. The molecule has 0 radical (unpaired) electrons. The van der Waals surface area contributed by atoms with Gasteiger partial charge in [-0.05, 0) is 48.7 Å². The topological polar surface area (TPSA) is 56.8 Å². The second-order valence-electron chi connectivity index (χ2n) is 5.57. The van der Waals surface area contributed by atoms with Gasteiger partial charge < -0.3 is 19.5 Å². The van der Waals surface area contributed by atoms with E-state index in [9.17, 15) is 4.79 Å². The molecule has 5 heteroatoms. The molecular weight excluding hydrogens is 306 g/mol. The van der Waals surface area contributed by atoms with E-state index < -0.39 is 0 Å². The highest BCUT2D eigenvalue weighted by atomic mass is 16.7. The van der Waals surface area contributed by atoms with Gasteiger partial charge in [0, 0.05) is 12.1 Å². The van der Waals surface area contributed by atoms with Gasteiger partial charge in [0.05, 0.1) is 6.61 Å². The average molecular weight is 327 g/mol. The van der Waals surface area contributed by atoms with Crippen molar-refractivity contribution < 1.29 is 19.0 Å². The van der Waals surface area contributed by atoms with Gasteiger partial charge in [0.2, 0.25) is 6.79 Å². The minimum Gasteiger partial charge on any atom is -0.494 e. The molecule has 5 nitrogen and oxygen atoms in total. The Morgan fingerprint density at radius 1 is 1.12 bits per heavy atom. The molecule has 0 aromatic heterocycles. The third kappa shape index (κ3) is 3.98. The molecule has 2 aromatic carbocycles. The van der Waals surface area contributed by atoms with Crippen LogP contribution in [0.3, 0.4) is 0 Å². The van der Waals surface area contributed by atoms with Crippen LogP contribution in [0.25, 0.3) is 0 Å². The molecule has 1 amide bonds. The second-order valence-corrected chi connectivity index (χ2v) is 5.57. The van der Waals surface area contributed by atoms with Crippen LogP contribution in [0, 0.1) is 0 Å². The molecule has 0 atom stereocenters. The van der Waals surface area contributed by atoms with Crippen LogP contribution in [-0.2, 0) is 6.42 Å². The van der Waals surface area contributed by atoms with Crippen molar-refractivity contribution in [1.29, 1.82) is 0 Å². The zero-order valence-electron chi connectivity index (χ0n) is 13.7. The molecule has 0 fully saturated rings. The van der Waals surface area contributed by atoms with E-state index in [0.717, 1.165) is 30.8 Å². The first-order valence-electron chi connectivity index (χ1n) is 8.16. The van der Waals surface area contributed by atoms with Gasteiger partial charge in [0.1, 0.15) is 5.75 Å². The minimum absolute atomic E-state index is 0.115. The normalized spacial score (nSPS) is 12.0. The maximum absolute atomic E-state index is 12.2. The Balaban J connectivity index is 1.48. The Hall–Kier alpha value is -2.69. The van der Waals surface area contributed by atoms with Crippen LogP contribution in [0.1, 0.15) is 29.3 Å². The molecular formula is C19H21NO4. The highest BCUT2D eigenvalue weighted by Gasteiger charge is 2.15. The Kier molecular flexibility index (Phi) is 5.21. The number of carbonyl (C=O) groups excluding carboxylic acids is 1. The fraction of sp³-hybridized carbons (Fsp3) is 0.316. The summed E-state index contributed by atoms with van der Waals surface area (Å²) in [6, 6.07) is 13.2. The van der Waals surface area contributed by atoms with Crippen LogP contribution in [0.2, 0.25) is 0 Å². The number of benzene rings is 2. The summed E-state index contributed by atoms with van der Waals surface area (Å²) >= 11 is 0. The summed E-state index contributed by atoms with van der Waals surface area (Å²) in [6.07, 6.45) is 1.76. The summed E-state index contributed by atoms with van der Waals surface area (Å²) in [6.45, 7) is 3.59. The number of ether oxygens (including phenoxy) is 3. The molecule has 0 spiro atoms. The zero-order chi connectivity index (χ0) is 16.8. The van der Waals surface area contributed by atoms with Crippen LogP contribution >= 0.6 is 0 Å². The van der Waals surface area contributed by atoms with Crippen LogP contribution in [0.15, 0.2) is 42.5 Å². The van der Waals surface area contributed by atoms with Gasteiger partial charge in [-0.15, -0.1) is 0 Å². The molecule has 0 bridgehead atoms. The Morgan fingerprint density at radius 3 is 2.71 bits per heavy atom. The predicted octanol–water partition coefficient (Wildman–Crippen LogP) is 3.18. The second kappa shape index (κ2) is 7.73. The lowest BCUT2D eigenvalue weighted by atomic mass is 10.1. The molecule has 1 aliphatic heterocycles. The third-order valence-electron chi connectivity index (χ3n) is 3.73. The van der Waals surface area contributed by atoms with Gasteiger partial charge in [-0.2, -0.15) is 0 Å². The van der Waals surface area contributed by atoms with Crippen molar-refractivity contribution in [3.63, 3.8) is 0 Å². The smallest absolute Gasteiger partial charge is 0.251 e. The van der Waals surface area contributed by atoms with Crippen LogP contribution in [0.5, 0.6) is 17.2 Å². The van der Waals surface area contributed by atoms with E-state index in [1.807, 2.05) is 24.3 Å². The molecule has 0 unspecified atom stereocenters. The molecule has 1 aliphatic rings. The van der Waals surface area contributed by atoms with Gasteiger partial charge >= 0.3 is 0 Å². The summed E-state index contributed by atoms with van der Waals surface area (Å²) in [5.41, 5.74) is 1.73. The van der Waals surface area contributed by atoms with Gasteiger partial charge in [-0.1, -0.05) is 19.1 Å². The largest absolute Gasteiger partial charge is 0.494 e. The van der Waals surface area contributed by atoms with Crippen molar-refractivity contribution in [2.24, 2.45) is 0 Å². The zero-order valence-corrected chi connectivity index (χ0v) is 13.7. The summed E-state index contributed by atoms with van der Waals surface area (Å²) in [7, 11) is 0. The lowest BCUT2D eigenvalue weighted by Gasteiger charge is -2.08. The maximum atomic E-state index is 12.2. The highest BCUT2D eigenvalue weighted by molar-refractivity contribution is 5.94. The fourth-order valence-corrected chi connectivity index (χ4v) is 2.43. The first kappa shape index (κ1) is 16.2. The number of amides is 1. The molecule has 1 N–H and O–H groups in total. The van der Waals surface area contributed by atoms with E-state index >= 15 is 0 Å². The number of carbonyl (C=O) groups is 1. The molecule has 126 valence electrons. The number of hydrogen-bond donors (Lipinski definition) is 1. The van der Waals surface area contributed by atoms with Crippen LogP contribution < -0.4 is 19.5 Å². The maximum Gasteiger partial charge on any atom is 0.251 e. The average Bonchev–Trinajstić information content (AvgIpc) is 3.08. The Bertz CT molecular complexity index is 697. The van der Waals surface area contributed by atoms with Crippen molar-refractivity contribution in [2.45, 2.75) is 19.8 Å². The highest BCUT2D eigenvalue weighted by Crippen LogP contribution is 2.32. The first-order valence-corrected chi connectivity index (χ1v) is 8.16. The van der Waals surface area contributed by atoms with Crippen molar-refractivity contribution in [2.75, 3.05) is 19.9 Å². The van der Waals surface area contributed by atoms with E-state index in [2.05, 4.69) is 12.2 Å². The van der Waals surface area contributed by atoms with Crippen molar-refractivity contribution >= 4 is 5.91 Å². The van der Waals surface area contributed by atoms with Gasteiger partial charge in [0.25, 0.3) is 5.91 Å². The minimum atomic E-state index is -0.115. The summed E-state index contributed by atoms with van der Waals surface area (Å²) in [5, 5.41) is 2.92. The summed E-state index contributed by atoms with van der Waals surface area (Å²) in [5.74, 6) is 2.06. The third-order valence-corrected chi connectivity index (χ3v) is 3.73. The quantitative estimate of drug-likeness (QED) is 0.848. The molecule has 0 saturated carbocycles. The van der Waals surface area contributed by atoms with E-state index in [0.29, 0.717) is 23.6 Å². The van der Waals surface area contributed by atoms with Crippen molar-refractivity contribution in [3.8, 4) is 17.2 Å². The van der Waals surface area contributed by atoms with Gasteiger partial charge in [-0.25, -0.2) is 0 Å². The molecule has 1 heterocycles. The van der Waals surface area contributed by atoms with E-state index in [1.54, 1.807) is 18.2 Å². The number of rotatable bonds is 7. The van der Waals surface area contributed by atoms with E-state index in [4.69, 9.17) is 14.2 Å². The van der Waals surface area contributed by atoms with Crippen molar-refractivity contribution in [3.05, 3.63) is 53.6 Å². The van der Waals surface area contributed by atoms with E-state index in [1.165, 1.54) is 0 Å². The van der Waals surface area contributed by atoms with Crippen molar-refractivity contribution in [1.82, 2.24) is 5.32 Å².